The molecule has 1 aliphatic heterocycles. The minimum absolute atomic E-state index is 0.0782. The Kier molecular flexibility index (Phi) is 9.37. The SMILES string of the molecule is CCOc1cc(C=NNS(=O)(=O)c2cc(OC)ccc2OC)ccc1OCCN1CCOCC1. The molecule has 1 heterocycles. The van der Waals surface area contributed by atoms with Gasteiger partial charge in [0.2, 0.25) is 0 Å². The maximum Gasteiger partial charge on any atom is 0.280 e. The molecule has 0 saturated carbocycles. The highest BCUT2D eigenvalue weighted by Crippen LogP contribution is 2.29. The quantitative estimate of drug-likeness (QED) is 0.354. The summed E-state index contributed by atoms with van der Waals surface area (Å²) in [6, 6.07) is 9.80. The molecule has 0 radical (unpaired) electrons. The molecule has 2 aromatic rings. The van der Waals surface area contributed by atoms with Crippen molar-refractivity contribution >= 4 is 16.2 Å². The molecule has 1 saturated heterocycles. The van der Waals surface area contributed by atoms with Crippen LogP contribution in [0.3, 0.4) is 0 Å². The maximum absolute atomic E-state index is 12.7. The van der Waals surface area contributed by atoms with E-state index in [-0.39, 0.29) is 10.6 Å². The van der Waals surface area contributed by atoms with Crippen molar-refractivity contribution in [1.29, 1.82) is 0 Å². The number of ether oxygens (including phenoxy) is 5. The van der Waals surface area contributed by atoms with Gasteiger partial charge < -0.3 is 23.7 Å². The Bertz CT molecular complexity index is 1070. The Balaban J connectivity index is 1.66. The summed E-state index contributed by atoms with van der Waals surface area (Å²) in [5.74, 6) is 1.75. The topological polar surface area (TPSA) is 108 Å². The summed E-state index contributed by atoms with van der Waals surface area (Å²) in [5, 5.41) is 3.90. The van der Waals surface area contributed by atoms with E-state index >= 15 is 0 Å². The first-order valence-corrected chi connectivity index (χ1v) is 12.4. The number of nitrogens with zero attached hydrogens (tertiary/aromatic N) is 2. The number of methoxy groups -OCH3 is 2. The van der Waals surface area contributed by atoms with Crippen molar-refractivity contribution in [2.24, 2.45) is 5.10 Å². The van der Waals surface area contributed by atoms with Crippen LogP contribution in [0.5, 0.6) is 23.0 Å². The summed E-state index contributed by atoms with van der Waals surface area (Å²) < 4.78 is 52.7. The average Bonchev–Trinajstić information content (AvgIpc) is 2.85. The summed E-state index contributed by atoms with van der Waals surface area (Å²) in [6.45, 7) is 6.95. The molecule has 1 fully saturated rings. The van der Waals surface area contributed by atoms with Crippen LogP contribution < -0.4 is 23.8 Å². The van der Waals surface area contributed by atoms with Gasteiger partial charge in [0, 0.05) is 25.7 Å². The van der Waals surface area contributed by atoms with Gasteiger partial charge in [-0.2, -0.15) is 18.4 Å². The zero-order chi connectivity index (χ0) is 24.4. The van der Waals surface area contributed by atoms with Crippen LogP contribution in [-0.2, 0) is 14.8 Å². The first kappa shape index (κ1) is 25.6. The third-order valence-corrected chi connectivity index (χ3v) is 6.33. The summed E-state index contributed by atoms with van der Waals surface area (Å²) in [4.78, 5) is 4.41. The summed E-state index contributed by atoms with van der Waals surface area (Å²) in [7, 11) is -1.13. The Morgan fingerprint density at radius 2 is 1.79 bits per heavy atom. The number of hydrazone groups is 1. The van der Waals surface area contributed by atoms with E-state index in [1.807, 2.05) is 6.92 Å². The number of hydrogen-bond donors (Lipinski definition) is 1. The lowest BCUT2D eigenvalue weighted by molar-refractivity contribution is 0.0321. The molecule has 0 unspecified atom stereocenters. The summed E-state index contributed by atoms with van der Waals surface area (Å²) >= 11 is 0. The molecule has 0 bridgehead atoms. The second-order valence-electron chi connectivity index (χ2n) is 7.31. The fourth-order valence-corrected chi connectivity index (χ4v) is 4.29. The molecule has 0 atom stereocenters. The Morgan fingerprint density at radius 3 is 2.50 bits per heavy atom. The van der Waals surface area contributed by atoms with Gasteiger partial charge in [0.1, 0.15) is 23.0 Å². The number of sulfonamides is 1. The van der Waals surface area contributed by atoms with Crippen molar-refractivity contribution in [3.05, 3.63) is 42.0 Å². The van der Waals surface area contributed by atoms with Gasteiger partial charge >= 0.3 is 0 Å². The normalized spacial score (nSPS) is 14.7. The molecule has 0 spiro atoms. The second-order valence-corrected chi connectivity index (χ2v) is 8.94. The Labute approximate surface area is 200 Å². The molecular formula is C23H31N3O7S. The Hall–Kier alpha value is -3.02. The van der Waals surface area contributed by atoms with Crippen molar-refractivity contribution in [3.8, 4) is 23.0 Å². The largest absolute Gasteiger partial charge is 0.497 e. The lowest BCUT2D eigenvalue weighted by Gasteiger charge is -2.26. The van der Waals surface area contributed by atoms with Crippen LogP contribution >= 0.6 is 0 Å². The van der Waals surface area contributed by atoms with E-state index in [4.69, 9.17) is 23.7 Å². The zero-order valence-electron chi connectivity index (χ0n) is 19.7. The number of rotatable bonds is 12. The van der Waals surface area contributed by atoms with Gasteiger partial charge in [0.15, 0.2) is 11.5 Å². The second kappa shape index (κ2) is 12.4. The van der Waals surface area contributed by atoms with E-state index in [1.54, 1.807) is 24.3 Å². The van der Waals surface area contributed by atoms with E-state index in [9.17, 15) is 8.42 Å². The monoisotopic (exact) mass is 493 g/mol. The third kappa shape index (κ3) is 6.99. The van der Waals surface area contributed by atoms with Gasteiger partial charge in [-0.15, -0.1) is 0 Å². The van der Waals surface area contributed by atoms with Gasteiger partial charge in [-0.05, 0) is 42.8 Å². The van der Waals surface area contributed by atoms with E-state index in [0.717, 1.165) is 32.8 Å². The molecule has 0 aliphatic carbocycles. The van der Waals surface area contributed by atoms with Crippen molar-refractivity contribution < 1.29 is 32.1 Å². The fourth-order valence-electron chi connectivity index (χ4n) is 3.32. The number of benzene rings is 2. The highest BCUT2D eigenvalue weighted by molar-refractivity contribution is 7.89. The Morgan fingerprint density at radius 1 is 1.03 bits per heavy atom. The van der Waals surface area contributed by atoms with Crippen molar-refractivity contribution in [3.63, 3.8) is 0 Å². The minimum atomic E-state index is -3.98. The molecule has 2 aromatic carbocycles. The molecule has 1 N–H and O–H groups in total. The van der Waals surface area contributed by atoms with Crippen molar-refractivity contribution in [2.75, 3.05) is 60.3 Å². The molecule has 0 aromatic heterocycles. The van der Waals surface area contributed by atoms with Crippen LogP contribution in [0.4, 0.5) is 0 Å². The third-order valence-electron chi connectivity index (χ3n) is 5.08. The van der Waals surface area contributed by atoms with Crippen molar-refractivity contribution in [1.82, 2.24) is 9.73 Å². The van der Waals surface area contributed by atoms with E-state index in [0.29, 0.717) is 36.0 Å². The molecule has 34 heavy (non-hydrogen) atoms. The highest BCUT2D eigenvalue weighted by Gasteiger charge is 2.20. The molecular weight excluding hydrogens is 462 g/mol. The van der Waals surface area contributed by atoms with E-state index in [1.165, 1.54) is 32.6 Å². The molecule has 186 valence electrons. The predicted octanol–water partition coefficient (Wildman–Crippen LogP) is 2.13. The van der Waals surface area contributed by atoms with Crippen LogP contribution in [0.1, 0.15) is 12.5 Å². The van der Waals surface area contributed by atoms with E-state index in [2.05, 4.69) is 14.8 Å². The molecule has 11 heteroatoms. The fraction of sp³-hybridized carbons (Fsp3) is 0.435. The standard InChI is InChI=1S/C23H31N3O7S/c1-4-32-22-15-18(5-7-20(22)33-14-11-26-9-12-31-13-10-26)17-24-25-34(27,28)23-16-19(29-2)6-8-21(23)30-3/h5-8,15-17,25H,4,9-14H2,1-3H3. The number of morpholine rings is 1. The molecule has 3 rings (SSSR count). The van der Waals surface area contributed by atoms with Crippen LogP contribution in [0.15, 0.2) is 46.4 Å². The van der Waals surface area contributed by atoms with Crippen molar-refractivity contribution in [2.45, 2.75) is 11.8 Å². The summed E-state index contributed by atoms with van der Waals surface area (Å²) in [6.07, 6.45) is 1.39. The van der Waals surface area contributed by atoms with Gasteiger partial charge in [-0.3, -0.25) is 4.90 Å². The predicted molar refractivity (Wildman–Crippen MR) is 128 cm³/mol. The number of hydrogen-bond acceptors (Lipinski definition) is 9. The highest BCUT2D eigenvalue weighted by atomic mass is 32.2. The number of nitrogens with one attached hydrogen (secondary N) is 1. The smallest absolute Gasteiger partial charge is 0.280 e. The van der Waals surface area contributed by atoms with E-state index < -0.39 is 10.0 Å². The molecule has 1 aliphatic rings. The van der Waals surface area contributed by atoms with Gasteiger partial charge in [-0.25, -0.2) is 0 Å². The average molecular weight is 494 g/mol. The minimum Gasteiger partial charge on any atom is -0.497 e. The van der Waals surface area contributed by atoms with Gasteiger partial charge in [0.25, 0.3) is 10.0 Å². The summed E-state index contributed by atoms with van der Waals surface area (Å²) in [5.41, 5.74) is 0.643. The maximum atomic E-state index is 12.7. The molecule has 0 amide bonds. The first-order valence-electron chi connectivity index (χ1n) is 10.9. The van der Waals surface area contributed by atoms with Crippen LogP contribution in [0, 0.1) is 0 Å². The lowest BCUT2D eigenvalue weighted by Crippen LogP contribution is -2.38. The van der Waals surface area contributed by atoms with Crippen LogP contribution in [0.25, 0.3) is 0 Å². The first-order chi connectivity index (χ1) is 16.5. The lowest BCUT2D eigenvalue weighted by atomic mass is 10.2. The van der Waals surface area contributed by atoms with Gasteiger partial charge in [0.05, 0.1) is 40.3 Å². The van der Waals surface area contributed by atoms with Gasteiger partial charge in [-0.1, -0.05) is 0 Å². The van der Waals surface area contributed by atoms with Crippen LogP contribution in [-0.4, -0.2) is 79.8 Å². The van der Waals surface area contributed by atoms with Crippen LogP contribution in [0.2, 0.25) is 0 Å². The molecule has 10 nitrogen and oxygen atoms in total. The zero-order valence-corrected chi connectivity index (χ0v) is 20.5.